The first-order valence-corrected chi connectivity index (χ1v) is 5.22. The van der Waals surface area contributed by atoms with Crippen molar-refractivity contribution in [3.63, 3.8) is 0 Å². The zero-order chi connectivity index (χ0) is 10.4. The number of rotatable bonds is 5. The van der Waals surface area contributed by atoms with Crippen molar-refractivity contribution in [1.29, 1.82) is 0 Å². The fraction of sp³-hybridized carbons (Fsp3) is 0.250. The molecule has 0 amide bonds. The number of aliphatic hydroxyl groups excluding tert-OH is 1. The molecule has 0 aliphatic carbocycles. The molecule has 0 aromatic heterocycles. The first kappa shape index (κ1) is 14.9. The maximum absolute atomic E-state index is 11.0. The Kier molecular flexibility index (Phi) is 7.16. The van der Waals surface area contributed by atoms with Crippen LogP contribution in [-0.2, 0) is 14.6 Å². The Morgan fingerprint density at radius 2 is 1.80 bits per heavy atom. The second-order valence-corrected chi connectivity index (χ2v) is 3.57. The standard InChI is InChI=1S/C8H10O5S.Na.H/c9-6-7-12-14(10,11)13-8-4-2-1-3-5-8;;/h1-5,9H,6-7H2;;. The SMILES string of the molecule is O=S(=O)(OCCO)Oc1ccccc1.[NaH]. The summed E-state index contributed by atoms with van der Waals surface area (Å²) in [6.45, 7) is -0.688. The average Bonchev–Trinajstić information content (AvgIpc) is 2.16. The summed E-state index contributed by atoms with van der Waals surface area (Å²) >= 11 is 0. The molecule has 5 nitrogen and oxygen atoms in total. The van der Waals surface area contributed by atoms with Gasteiger partial charge in [-0.25, -0.2) is 4.18 Å². The molecule has 0 aliphatic rings. The Bertz CT molecular complexity index is 364. The van der Waals surface area contributed by atoms with E-state index >= 15 is 0 Å². The zero-order valence-electron chi connectivity index (χ0n) is 7.29. The summed E-state index contributed by atoms with van der Waals surface area (Å²) in [5.41, 5.74) is 0. The molecule has 7 heteroatoms. The van der Waals surface area contributed by atoms with E-state index in [2.05, 4.69) is 8.37 Å². The van der Waals surface area contributed by atoms with Crippen LogP contribution in [0.1, 0.15) is 0 Å². The van der Waals surface area contributed by atoms with E-state index in [0.29, 0.717) is 0 Å². The van der Waals surface area contributed by atoms with Gasteiger partial charge in [-0.1, -0.05) is 18.2 Å². The monoisotopic (exact) mass is 242 g/mol. The van der Waals surface area contributed by atoms with Crippen molar-refractivity contribution in [2.75, 3.05) is 13.2 Å². The molecule has 0 aliphatic heterocycles. The molecule has 1 rings (SSSR count). The molecule has 0 bridgehead atoms. The molecule has 1 aromatic rings. The first-order chi connectivity index (χ1) is 6.64. The number of hydrogen-bond donors (Lipinski definition) is 1. The van der Waals surface area contributed by atoms with Crippen molar-refractivity contribution in [3.05, 3.63) is 30.3 Å². The van der Waals surface area contributed by atoms with Gasteiger partial charge >= 0.3 is 40.0 Å². The predicted molar refractivity (Wildman–Crippen MR) is 56.2 cm³/mol. The van der Waals surface area contributed by atoms with E-state index in [9.17, 15) is 8.42 Å². The van der Waals surface area contributed by atoms with Gasteiger partial charge in [0.15, 0.2) is 0 Å². The average molecular weight is 242 g/mol. The zero-order valence-corrected chi connectivity index (χ0v) is 8.11. The number of para-hydroxylation sites is 1. The van der Waals surface area contributed by atoms with Crippen LogP contribution in [0.3, 0.4) is 0 Å². The number of aliphatic hydroxyl groups is 1. The fourth-order valence-corrected chi connectivity index (χ4v) is 1.43. The second-order valence-electron chi connectivity index (χ2n) is 2.35. The molecule has 1 N–H and O–H groups in total. The van der Waals surface area contributed by atoms with Crippen LogP contribution < -0.4 is 4.18 Å². The van der Waals surface area contributed by atoms with Gasteiger partial charge in [0.2, 0.25) is 0 Å². The molecule has 0 atom stereocenters. The van der Waals surface area contributed by atoms with Crippen LogP contribution in [0.2, 0.25) is 0 Å². The molecular formula is C8H11NaO5S. The Labute approximate surface area is 111 Å². The van der Waals surface area contributed by atoms with Crippen molar-refractivity contribution in [1.82, 2.24) is 0 Å². The van der Waals surface area contributed by atoms with Crippen LogP contribution in [-0.4, -0.2) is 56.3 Å². The van der Waals surface area contributed by atoms with Crippen LogP contribution in [0.4, 0.5) is 0 Å². The molecule has 0 saturated carbocycles. The molecule has 0 spiro atoms. The van der Waals surface area contributed by atoms with Crippen molar-refractivity contribution in [3.8, 4) is 5.75 Å². The topological polar surface area (TPSA) is 72.8 Å². The van der Waals surface area contributed by atoms with Gasteiger partial charge < -0.3 is 9.29 Å². The van der Waals surface area contributed by atoms with Gasteiger partial charge in [-0.05, 0) is 12.1 Å². The van der Waals surface area contributed by atoms with Crippen molar-refractivity contribution in [2.45, 2.75) is 0 Å². The maximum atomic E-state index is 11.0. The van der Waals surface area contributed by atoms with Crippen LogP contribution in [0.5, 0.6) is 5.75 Å². The van der Waals surface area contributed by atoms with E-state index in [4.69, 9.17) is 5.11 Å². The van der Waals surface area contributed by atoms with E-state index in [0.717, 1.165) is 0 Å². The number of hydrogen-bond acceptors (Lipinski definition) is 5. The van der Waals surface area contributed by atoms with E-state index in [1.54, 1.807) is 18.2 Å². The normalized spacial score (nSPS) is 10.5. The predicted octanol–water partition coefficient (Wildman–Crippen LogP) is -0.329. The summed E-state index contributed by atoms with van der Waals surface area (Å²) in [4.78, 5) is 0. The summed E-state index contributed by atoms with van der Waals surface area (Å²) in [5.74, 6) is 0.172. The van der Waals surface area contributed by atoms with Gasteiger partial charge in [0.1, 0.15) is 5.75 Å². The summed E-state index contributed by atoms with van der Waals surface area (Å²) in [6.07, 6.45) is 0. The van der Waals surface area contributed by atoms with E-state index in [-0.39, 0.29) is 48.5 Å². The molecule has 0 saturated heterocycles. The minimum absolute atomic E-state index is 0. The first-order valence-electron chi connectivity index (χ1n) is 3.89. The molecule has 0 fully saturated rings. The third-order valence-electron chi connectivity index (χ3n) is 1.26. The third kappa shape index (κ3) is 6.14. The third-order valence-corrected chi connectivity index (χ3v) is 2.11. The Morgan fingerprint density at radius 3 is 2.33 bits per heavy atom. The Balaban J connectivity index is 0.00000196. The van der Waals surface area contributed by atoms with E-state index in [1.807, 2.05) is 0 Å². The molecule has 0 radical (unpaired) electrons. The molecule has 80 valence electrons. The molecule has 0 heterocycles. The summed E-state index contributed by atoms with van der Waals surface area (Å²) in [7, 11) is -4.06. The molecular weight excluding hydrogens is 231 g/mol. The summed E-state index contributed by atoms with van der Waals surface area (Å²) < 4.78 is 30.8. The molecule has 1 aromatic carbocycles. The van der Waals surface area contributed by atoms with Gasteiger partial charge in [0.05, 0.1) is 13.2 Å². The molecule has 0 unspecified atom stereocenters. The summed E-state index contributed by atoms with van der Waals surface area (Å²) in [5, 5.41) is 8.35. The Morgan fingerprint density at radius 1 is 1.20 bits per heavy atom. The van der Waals surface area contributed by atoms with Crippen molar-refractivity contribution >= 4 is 40.0 Å². The van der Waals surface area contributed by atoms with Gasteiger partial charge in [0.25, 0.3) is 0 Å². The van der Waals surface area contributed by atoms with Gasteiger partial charge in [-0.15, -0.1) is 0 Å². The van der Waals surface area contributed by atoms with Gasteiger partial charge in [0, 0.05) is 0 Å². The van der Waals surface area contributed by atoms with E-state index in [1.165, 1.54) is 12.1 Å². The van der Waals surface area contributed by atoms with Crippen LogP contribution in [0.15, 0.2) is 30.3 Å². The fourth-order valence-electron chi connectivity index (χ4n) is 0.757. The number of benzene rings is 1. The minimum atomic E-state index is -4.06. The van der Waals surface area contributed by atoms with Crippen LogP contribution in [0.25, 0.3) is 0 Å². The Hall–Kier alpha value is -0.110. The van der Waals surface area contributed by atoms with Crippen LogP contribution >= 0.6 is 0 Å². The van der Waals surface area contributed by atoms with Crippen LogP contribution in [0, 0.1) is 0 Å². The van der Waals surface area contributed by atoms with Gasteiger partial charge in [-0.3, -0.25) is 0 Å². The van der Waals surface area contributed by atoms with Crippen molar-refractivity contribution in [2.24, 2.45) is 0 Å². The summed E-state index contributed by atoms with van der Waals surface area (Å²) in [6, 6.07) is 7.97. The van der Waals surface area contributed by atoms with E-state index < -0.39 is 10.4 Å². The van der Waals surface area contributed by atoms with Gasteiger partial charge in [-0.2, -0.15) is 8.42 Å². The second kappa shape index (κ2) is 7.21. The molecule has 15 heavy (non-hydrogen) atoms. The quantitative estimate of drug-likeness (QED) is 0.716. The van der Waals surface area contributed by atoms with Crippen molar-refractivity contribution < 1.29 is 21.9 Å².